The van der Waals surface area contributed by atoms with Crippen LogP contribution in [0.4, 0.5) is 13.2 Å². The summed E-state index contributed by atoms with van der Waals surface area (Å²) >= 11 is 0. The second kappa shape index (κ2) is 6.00. The first-order valence-corrected chi connectivity index (χ1v) is 5.65. The van der Waals surface area contributed by atoms with Gasteiger partial charge < -0.3 is 5.32 Å². The van der Waals surface area contributed by atoms with Gasteiger partial charge in [0.25, 0.3) is 0 Å². The summed E-state index contributed by atoms with van der Waals surface area (Å²) in [7, 11) is 1.66. The number of nitrogens with one attached hydrogen (secondary N) is 1. The maximum atomic E-state index is 12.2. The zero-order chi connectivity index (χ0) is 12.9. The SMILES string of the molecule is CCc1cccnc1C(CCC(F)(F)F)NC. The topological polar surface area (TPSA) is 24.9 Å². The lowest BCUT2D eigenvalue weighted by Gasteiger charge is -2.19. The van der Waals surface area contributed by atoms with E-state index < -0.39 is 12.6 Å². The van der Waals surface area contributed by atoms with E-state index in [4.69, 9.17) is 0 Å². The third kappa shape index (κ3) is 4.34. The molecular weight excluding hydrogens is 229 g/mol. The number of rotatable bonds is 5. The van der Waals surface area contributed by atoms with Gasteiger partial charge in [0.1, 0.15) is 0 Å². The van der Waals surface area contributed by atoms with E-state index in [-0.39, 0.29) is 12.5 Å². The van der Waals surface area contributed by atoms with Gasteiger partial charge in [-0.3, -0.25) is 4.98 Å². The molecule has 96 valence electrons. The number of aryl methyl sites for hydroxylation is 1. The minimum atomic E-state index is -4.11. The van der Waals surface area contributed by atoms with Crippen LogP contribution in [0.1, 0.15) is 37.1 Å². The molecule has 5 heteroatoms. The van der Waals surface area contributed by atoms with Crippen molar-refractivity contribution in [2.24, 2.45) is 0 Å². The van der Waals surface area contributed by atoms with Crippen LogP contribution in [0.2, 0.25) is 0 Å². The summed E-state index contributed by atoms with van der Waals surface area (Å²) in [6, 6.07) is 3.37. The predicted octanol–water partition coefficient (Wildman–Crippen LogP) is 3.25. The summed E-state index contributed by atoms with van der Waals surface area (Å²) in [4.78, 5) is 4.19. The van der Waals surface area contributed by atoms with Gasteiger partial charge in [-0.1, -0.05) is 13.0 Å². The first-order chi connectivity index (χ1) is 7.98. The van der Waals surface area contributed by atoms with E-state index in [1.807, 2.05) is 13.0 Å². The Kier molecular flexibility index (Phi) is 4.93. The van der Waals surface area contributed by atoms with Gasteiger partial charge in [-0.2, -0.15) is 13.2 Å². The molecule has 0 amide bonds. The van der Waals surface area contributed by atoms with Crippen molar-refractivity contribution in [3.63, 3.8) is 0 Å². The largest absolute Gasteiger partial charge is 0.389 e. The van der Waals surface area contributed by atoms with Crippen molar-refractivity contribution in [2.75, 3.05) is 7.05 Å². The molecule has 1 atom stereocenters. The van der Waals surface area contributed by atoms with Gasteiger partial charge in [0.15, 0.2) is 0 Å². The predicted molar refractivity (Wildman–Crippen MR) is 60.7 cm³/mol. The maximum Gasteiger partial charge on any atom is 0.389 e. The molecule has 0 spiro atoms. The molecule has 0 bridgehead atoms. The molecule has 0 fully saturated rings. The third-order valence-electron chi connectivity index (χ3n) is 2.70. The number of aromatic nitrogens is 1. The zero-order valence-corrected chi connectivity index (χ0v) is 10.0. The van der Waals surface area contributed by atoms with E-state index in [0.717, 1.165) is 17.7 Å². The lowest BCUT2D eigenvalue weighted by molar-refractivity contribution is -0.136. The van der Waals surface area contributed by atoms with Crippen LogP contribution in [-0.4, -0.2) is 18.2 Å². The average Bonchev–Trinajstić information content (AvgIpc) is 2.29. The molecule has 0 aliphatic heterocycles. The number of alkyl halides is 3. The summed E-state index contributed by atoms with van der Waals surface area (Å²) in [6.45, 7) is 1.97. The lowest BCUT2D eigenvalue weighted by atomic mass is 10.0. The molecule has 1 N–H and O–H groups in total. The van der Waals surface area contributed by atoms with Crippen molar-refractivity contribution >= 4 is 0 Å². The molecule has 0 aliphatic carbocycles. The maximum absolute atomic E-state index is 12.2. The van der Waals surface area contributed by atoms with Gasteiger partial charge in [-0.05, 0) is 31.5 Å². The number of hydrogen-bond donors (Lipinski definition) is 1. The number of nitrogens with zero attached hydrogens (tertiary/aromatic N) is 1. The fourth-order valence-electron chi connectivity index (χ4n) is 1.79. The molecule has 17 heavy (non-hydrogen) atoms. The van der Waals surface area contributed by atoms with E-state index >= 15 is 0 Å². The van der Waals surface area contributed by atoms with Gasteiger partial charge in [0.2, 0.25) is 0 Å². The second-order valence-corrected chi connectivity index (χ2v) is 3.90. The molecule has 1 rings (SSSR count). The highest BCUT2D eigenvalue weighted by Gasteiger charge is 2.29. The van der Waals surface area contributed by atoms with Crippen LogP contribution >= 0.6 is 0 Å². The quantitative estimate of drug-likeness (QED) is 0.862. The van der Waals surface area contributed by atoms with Crippen LogP contribution < -0.4 is 5.32 Å². The molecule has 1 heterocycles. The van der Waals surface area contributed by atoms with Crippen molar-refractivity contribution in [3.05, 3.63) is 29.6 Å². The zero-order valence-electron chi connectivity index (χ0n) is 10.0. The number of hydrogen-bond acceptors (Lipinski definition) is 2. The van der Waals surface area contributed by atoms with E-state index in [1.54, 1.807) is 19.3 Å². The molecule has 1 aromatic heterocycles. The van der Waals surface area contributed by atoms with Gasteiger partial charge in [0, 0.05) is 18.7 Å². The van der Waals surface area contributed by atoms with Crippen LogP contribution in [0.25, 0.3) is 0 Å². The van der Waals surface area contributed by atoms with E-state index in [9.17, 15) is 13.2 Å². The van der Waals surface area contributed by atoms with Crippen LogP contribution in [0, 0.1) is 0 Å². The summed E-state index contributed by atoms with van der Waals surface area (Å²) in [5.41, 5.74) is 1.72. The summed E-state index contributed by atoms with van der Waals surface area (Å²) in [6.07, 6.45) is -2.50. The molecule has 2 nitrogen and oxygen atoms in total. The molecule has 0 saturated heterocycles. The standard InChI is InChI=1S/C12H17F3N2/c1-3-9-5-4-8-17-11(9)10(16-2)6-7-12(13,14)15/h4-5,8,10,16H,3,6-7H2,1-2H3. The van der Waals surface area contributed by atoms with Gasteiger partial charge in [-0.25, -0.2) is 0 Å². The summed E-state index contributed by atoms with van der Waals surface area (Å²) in [5.74, 6) is 0. The molecule has 0 aromatic carbocycles. The number of halogens is 3. The minimum Gasteiger partial charge on any atom is -0.312 e. The Morgan fingerprint density at radius 3 is 2.65 bits per heavy atom. The van der Waals surface area contributed by atoms with Gasteiger partial charge >= 0.3 is 6.18 Å². The monoisotopic (exact) mass is 246 g/mol. The molecule has 1 aromatic rings. The Morgan fingerprint density at radius 1 is 1.41 bits per heavy atom. The van der Waals surface area contributed by atoms with Crippen molar-refractivity contribution < 1.29 is 13.2 Å². The summed E-state index contributed by atoms with van der Waals surface area (Å²) in [5, 5.41) is 2.90. The minimum absolute atomic E-state index is 0.0179. The van der Waals surface area contributed by atoms with Gasteiger partial charge in [-0.15, -0.1) is 0 Å². The Hall–Kier alpha value is -1.10. The molecular formula is C12H17F3N2. The Balaban J connectivity index is 2.79. The van der Waals surface area contributed by atoms with E-state index in [0.29, 0.717) is 0 Å². The fraction of sp³-hybridized carbons (Fsp3) is 0.583. The highest BCUT2D eigenvalue weighted by atomic mass is 19.4. The first kappa shape index (κ1) is 14.0. The van der Waals surface area contributed by atoms with Crippen molar-refractivity contribution in [2.45, 2.75) is 38.4 Å². The second-order valence-electron chi connectivity index (χ2n) is 3.90. The van der Waals surface area contributed by atoms with E-state index in [1.165, 1.54) is 0 Å². The third-order valence-corrected chi connectivity index (χ3v) is 2.70. The first-order valence-electron chi connectivity index (χ1n) is 5.65. The van der Waals surface area contributed by atoms with E-state index in [2.05, 4.69) is 10.3 Å². The molecule has 1 unspecified atom stereocenters. The van der Waals surface area contributed by atoms with Crippen molar-refractivity contribution in [1.82, 2.24) is 10.3 Å². The van der Waals surface area contributed by atoms with Crippen LogP contribution in [0.15, 0.2) is 18.3 Å². The molecule has 0 aliphatic rings. The van der Waals surface area contributed by atoms with Crippen molar-refractivity contribution in [1.29, 1.82) is 0 Å². The highest BCUT2D eigenvalue weighted by Crippen LogP contribution is 2.27. The Morgan fingerprint density at radius 2 is 2.12 bits per heavy atom. The lowest BCUT2D eigenvalue weighted by Crippen LogP contribution is -2.21. The fourth-order valence-corrected chi connectivity index (χ4v) is 1.79. The van der Waals surface area contributed by atoms with Gasteiger partial charge in [0.05, 0.1) is 5.69 Å². The smallest absolute Gasteiger partial charge is 0.312 e. The summed E-state index contributed by atoms with van der Waals surface area (Å²) < 4.78 is 36.6. The normalized spacial score (nSPS) is 13.7. The van der Waals surface area contributed by atoms with Crippen LogP contribution in [0.3, 0.4) is 0 Å². The molecule has 0 saturated carbocycles. The Labute approximate surface area is 99.3 Å². The van der Waals surface area contributed by atoms with Crippen LogP contribution in [-0.2, 0) is 6.42 Å². The highest BCUT2D eigenvalue weighted by molar-refractivity contribution is 5.22. The molecule has 0 radical (unpaired) electrons. The van der Waals surface area contributed by atoms with Crippen molar-refractivity contribution in [3.8, 4) is 0 Å². The Bertz CT molecular complexity index is 350. The average molecular weight is 246 g/mol. The number of pyridine rings is 1. The van der Waals surface area contributed by atoms with Crippen LogP contribution in [0.5, 0.6) is 0 Å².